The zero-order valence-electron chi connectivity index (χ0n) is 9.84. The van der Waals surface area contributed by atoms with E-state index in [-0.39, 0.29) is 28.6 Å². The molecule has 96 valence electrons. The van der Waals surface area contributed by atoms with Gasteiger partial charge in [-0.05, 0) is 19.1 Å². The molecular formula is C12H11ClFNO3. The van der Waals surface area contributed by atoms with Gasteiger partial charge in [-0.3, -0.25) is 0 Å². The molecule has 0 fully saturated rings. The first-order valence-corrected chi connectivity index (χ1v) is 5.68. The molecule has 0 aliphatic heterocycles. The Labute approximate surface area is 108 Å². The van der Waals surface area contributed by atoms with Crippen molar-refractivity contribution in [2.45, 2.75) is 6.92 Å². The number of esters is 1. The maximum absolute atomic E-state index is 13.9. The largest absolute Gasteiger partial charge is 0.495 e. The third kappa shape index (κ3) is 2.01. The lowest BCUT2D eigenvalue weighted by Gasteiger charge is -2.04. The lowest BCUT2D eigenvalue weighted by molar-refractivity contribution is 0.0520. The molecule has 1 heterocycles. The lowest BCUT2D eigenvalue weighted by atomic mass is 10.2. The molecule has 0 atom stereocenters. The second kappa shape index (κ2) is 4.86. The molecule has 4 nitrogen and oxygen atoms in total. The average molecular weight is 272 g/mol. The van der Waals surface area contributed by atoms with E-state index in [0.29, 0.717) is 5.39 Å². The number of nitrogens with one attached hydrogen (secondary N) is 1. The van der Waals surface area contributed by atoms with Gasteiger partial charge in [0.25, 0.3) is 0 Å². The van der Waals surface area contributed by atoms with Gasteiger partial charge in [-0.2, -0.15) is 0 Å². The molecule has 0 saturated carbocycles. The van der Waals surface area contributed by atoms with Crippen LogP contribution in [0.2, 0.25) is 5.02 Å². The first kappa shape index (κ1) is 12.7. The molecule has 2 aromatic rings. The highest BCUT2D eigenvalue weighted by atomic mass is 35.5. The Hall–Kier alpha value is -1.75. The predicted molar refractivity (Wildman–Crippen MR) is 65.8 cm³/mol. The number of benzene rings is 1. The first-order valence-electron chi connectivity index (χ1n) is 5.30. The summed E-state index contributed by atoms with van der Waals surface area (Å²) in [6.07, 6.45) is 0. The van der Waals surface area contributed by atoms with Crippen LogP contribution in [0.4, 0.5) is 4.39 Å². The topological polar surface area (TPSA) is 51.3 Å². The smallest absolute Gasteiger partial charge is 0.354 e. The Balaban J connectivity index is 2.58. The Morgan fingerprint density at radius 2 is 2.22 bits per heavy atom. The average Bonchev–Trinajstić information content (AvgIpc) is 2.78. The molecule has 0 aliphatic rings. The Morgan fingerprint density at radius 1 is 1.50 bits per heavy atom. The third-order valence-corrected chi connectivity index (χ3v) is 2.83. The number of methoxy groups -OCH3 is 1. The molecule has 1 aromatic heterocycles. The number of halogens is 2. The number of rotatable bonds is 3. The van der Waals surface area contributed by atoms with E-state index in [0.717, 1.165) is 0 Å². The van der Waals surface area contributed by atoms with Crippen LogP contribution in [0.15, 0.2) is 12.1 Å². The Bertz CT molecular complexity index is 609. The van der Waals surface area contributed by atoms with Crippen LogP contribution in [-0.4, -0.2) is 24.7 Å². The van der Waals surface area contributed by atoms with E-state index in [2.05, 4.69) is 4.98 Å². The van der Waals surface area contributed by atoms with Crippen molar-refractivity contribution in [1.82, 2.24) is 4.98 Å². The fourth-order valence-corrected chi connectivity index (χ4v) is 1.88. The van der Waals surface area contributed by atoms with Crippen LogP contribution in [0.25, 0.3) is 10.9 Å². The normalized spacial score (nSPS) is 10.7. The molecule has 2 rings (SSSR count). The molecule has 1 aromatic carbocycles. The van der Waals surface area contributed by atoms with E-state index in [1.165, 1.54) is 13.2 Å². The van der Waals surface area contributed by atoms with Gasteiger partial charge in [0.15, 0.2) is 5.82 Å². The molecule has 0 unspecified atom stereocenters. The molecule has 0 saturated heterocycles. The number of aromatic nitrogens is 1. The number of fused-ring (bicyclic) bond motifs is 1. The van der Waals surface area contributed by atoms with Gasteiger partial charge in [0.2, 0.25) is 0 Å². The summed E-state index contributed by atoms with van der Waals surface area (Å²) >= 11 is 5.79. The van der Waals surface area contributed by atoms with Crippen LogP contribution in [0.1, 0.15) is 17.4 Å². The van der Waals surface area contributed by atoms with Crippen LogP contribution >= 0.6 is 11.6 Å². The minimum Gasteiger partial charge on any atom is -0.495 e. The van der Waals surface area contributed by atoms with Gasteiger partial charge >= 0.3 is 5.97 Å². The van der Waals surface area contributed by atoms with Crippen LogP contribution < -0.4 is 4.74 Å². The minimum absolute atomic E-state index is 0.123. The van der Waals surface area contributed by atoms with Crippen molar-refractivity contribution in [2.75, 3.05) is 13.7 Å². The molecule has 0 amide bonds. The van der Waals surface area contributed by atoms with Gasteiger partial charge in [-0.1, -0.05) is 11.6 Å². The summed E-state index contributed by atoms with van der Waals surface area (Å²) in [6, 6.07) is 3.05. The van der Waals surface area contributed by atoms with Crippen molar-refractivity contribution in [3.63, 3.8) is 0 Å². The van der Waals surface area contributed by atoms with Crippen LogP contribution in [0.3, 0.4) is 0 Å². The molecule has 1 N–H and O–H groups in total. The zero-order chi connectivity index (χ0) is 13.3. The van der Waals surface area contributed by atoms with Crippen molar-refractivity contribution in [2.24, 2.45) is 0 Å². The second-order valence-electron chi connectivity index (χ2n) is 3.57. The Morgan fingerprint density at radius 3 is 2.83 bits per heavy atom. The molecular weight excluding hydrogens is 261 g/mol. The fourth-order valence-electron chi connectivity index (χ4n) is 1.66. The van der Waals surface area contributed by atoms with Crippen LogP contribution in [-0.2, 0) is 4.74 Å². The van der Waals surface area contributed by atoms with Crippen molar-refractivity contribution in [1.29, 1.82) is 0 Å². The van der Waals surface area contributed by atoms with Gasteiger partial charge in [-0.25, -0.2) is 9.18 Å². The van der Waals surface area contributed by atoms with Gasteiger partial charge in [0.1, 0.15) is 16.5 Å². The van der Waals surface area contributed by atoms with E-state index in [4.69, 9.17) is 21.1 Å². The third-order valence-electron chi connectivity index (χ3n) is 2.48. The monoisotopic (exact) mass is 271 g/mol. The van der Waals surface area contributed by atoms with Crippen molar-refractivity contribution >= 4 is 28.5 Å². The molecule has 0 aliphatic carbocycles. The second-order valence-corrected chi connectivity index (χ2v) is 3.95. The number of aromatic amines is 1. The van der Waals surface area contributed by atoms with Crippen molar-refractivity contribution < 1.29 is 18.7 Å². The summed E-state index contributed by atoms with van der Waals surface area (Å²) in [5.41, 5.74) is 0.332. The summed E-state index contributed by atoms with van der Waals surface area (Å²) in [6.45, 7) is 1.95. The van der Waals surface area contributed by atoms with Gasteiger partial charge in [0, 0.05) is 5.39 Å². The zero-order valence-corrected chi connectivity index (χ0v) is 10.6. The number of ether oxygens (including phenoxy) is 2. The highest BCUT2D eigenvalue weighted by Crippen LogP contribution is 2.33. The molecule has 6 heteroatoms. The van der Waals surface area contributed by atoms with E-state index >= 15 is 0 Å². The fraction of sp³-hybridized carbons (Fsp3) is 0.250. The summed E-state index contributed by atoms with van der Waals surface area (Å²) < 4.78 is 23.7. The first-order chi connectivity index (χ1) is 8.58. The predicted octanol–water partition coefficient (Wildman–Crippen LogP) is 3.15. The molecule has 0 radical (unpaired) electrons. The van der Waals surface area contributed by atoms with Crippen molar-refractivity contribution in [3.05, 3.63) is 28.7 Å². The summed E-state index contributed by atoms with van der Waals surface area (Å²) in [4.78, 5) is 14.2. The summed E-state index contributed by atoms with van der Waals surface area (Å²) in [5.74, 6) is -0.971. The number of carbonyl (C=O) groups excluding carboxylic acids is 1. The standard InChI is InChI=1S/C12H11ClFNO3/c1-3-18-12(16)7-4-6-5-8(17-2)9(13)10(14)11(6)15-7/h4-5,15H,3H2,1-2H3. The van der Waals surface area contributed by atoms with Crippen molar-refractivity contribution in [3.8, 4) is 5.75 Å². The number of carbonyl (C=O) groups is 1. The van der Waals surface area contributed by atoms with E-state index in [9.17, 15) is 9.18 Å². The lowest BCUT2D eigenvalue weighted by Crippen LogP contribution is -2.04. The van der Waals surface area contributed by atoms with E-state index in [1.807, 2.05) is 0 Å². The maximum Gasteiger partial charge on any atom is 0.354 e. The SMILES string of the molecule is CCOC(=O)c1cc2cc(OC)c(Cl)c(F)c2[nH]1. The van der Waals surface area contributed by atoms with E-state index < -0.39 is 11.8 Å². The number of hydrogen-bond acceptors (Lipinski definition) is 3. The minimum atomic E-state index is -0.651. The maximum atomic E-state index is 13.9. The quantitative estimate of drug-likeness (QED) is 0.873. The number of H-pyrrole nitrogens is 1. The van der Waals surface area contributed by atoms with Gasteiger partial charge in [-0.15, -0.1) is 0 Å². The van der Waals surface area contributed by atoms with Crippen LogP contribution in [0.5, 0.6) is 5.75 Å². The highest BCUT2D eigenvalue weighted by Gasteiger charge is 2.17. The Kier molecular flexibility index (Phi) is 3.43. The molecule has 18 heavy (non-hydrogen) atoms. The van der Waals surface area contributed by atoms with Gasteiger partial charge in [0.05, 0.1) is 19.2 Å². The summed E-state index contributed by atoms with van der Waals surface area (Å²) in [5, 5.41) is 0.374. The summed E-state index contributed by atoms with van der Waals surface area (Å²) in [7, 11) is 1.39. The highest BCUT2D eigenvalue weighted by molar-refractivity contribution is 6.33. The molecule has 0 bridgehead atoms. The number of hydrogen-bond donors (Lipinski definition) is 1. The van der Waals surface area contributed by atoms with Gasteiger partial charge < -0.3 is 14.5 Å². The van der Waals surface area contributed by atoms with Crippen LogP contribution in [0, 0.1) is 5.82 Å². The molecule has 0 spiro atoms. The van der Waals surface area contributed by atoms with E-state index in [1.54, 1.807) is 13.0 Å².